The molecule has 1 fully saturated rings. The van der Waals surface area contributed by atoms with Gasteiger partial charge in [-0.25, -0.2) is 9.78 Å². The van der Waals surface area contributed by atoms with Crippen molar-refractivity contribution >= 4 is 39.9 Å². The number of carbonyl (C=O) groups excluding carboxylic acids is 3. The third kappa shape index (κ3) is 4.42. The lowest BCUT2D eigenvalue weighted by molar-refractivity contribution is -0.132. The van der Waals surface area contributed by atoms with Crippen LogP contribution < -0.4 is 23.8 Å². The molecule has 2 aliphatic rings. The molecule has 202 valence electrons. The van der Waals surface area contributed by atoms with Gasteiger partial charge in [-0.3, -0.25) is 14.5 Å². The molecular formula is C27H24N2O9S. The maximum absolute atomic E-state index is 13.5. The number of methoxy groups -OCH3 is 3. The maximum Gasteiger partial charge on any atom is 0.350 e. The molecule has 1 aromatic heterocycles. The van der Waals surface area contributed by atoms with Gasteiger partial charge < -0.3 is 28.8 Å². The minimum Gasteiger partial charge on any atom is -0.507 e. The first kappa shape index (κ1) is 26.0. The van der Waals surface area contributed by atoms with Crippen LogP contribution in [-0.4, -0.2) is 62.3 Å². The first-order valence-corrected chi connectivity index (χ1v) is 12.6. The van der Waals surface area contributed by atoms with Crippen molar-refractivity contribution in [2.75, 3.05) is 39.4 Å². The number of amides is 1. The van der Waals surface area contributed by atoms with E-state index in [1.807, 2.05) is 0 Å². The molecule has 0 saturated carbocycles. The number of aromatic nitrogens is 1. The van der Waals surface area contributed by atoms with Gasteiger partial charge in [-0.05, 0) is 37.3 Å². The number of fused-ring (bicyclic) bond motifs is 1. The van der Waals surface area contributed by atoms with Crippen LogP contribution in [0.5, 0.6) is 23.0 Å². The standard InChI is InChI=1S/C27H24N2O9S/c1-13-24(26(33)36-4)39-27(28-13)29-21(16-7-6-15(34-2)12-18(16)35-3)20(23(31)25(29)32)22(30)14-5-8-17-19(11-14)38-10-9-37-17/h5-8,11-12,21,30H,9-10H2,1-4H3. The SMILES string of the molecule is COC(=O)c1sc(N2C(=O)C(=O)C(=C(O)c3ccc4c(c3)OCCO4)C2c2ccc(OC)cc2OC)nc1C. The summed E-state index contributed by atoms with van der Waals surface area (Å²) in [6, 6.07) is 8.48. The molecule has 0 bridgehead atoms. The Bertz CT molecular complexity index is 1530. The van der Waals surface area contributed by atoms with Crippen molar-refractivity contribution in [1.82, 2.24) is 4.98 Å². The van der Waals surface area contributed by atoms with E-state index >= 15 is 0 Å². The second-order valence-electron chi connectivity index (χ2n) is 8.54. The van der Waals surface area contributed by atoms with Crippen LogP contribution in [0.2, 0.25) is 0 Å². The predicted octanol–water partition coefficient (Wildman–Crippen LogP) is 3.65. The van der Waals surface area contributed by atoms with E-state index in [1.165, 1.54) is 21.3 Å². The fraction of sp³-hybridized carbons (Fsp3) is 0.259. The van der Waals surface area contributed by atoms with E-state index in [1.54, 1.807) is 43.3 Å². The summed E-state index contributed by atoms with van der Waals surface area (Å²) in [4.78, 5) is 45.1. The molecule has 1 atom stereocenters. The number of hydrogen-bond acceptors (Lipinski definition) is 11. The Hall–Kier alpha value is -4.58. The van der Waals surface area contributed by atoms with Crippen LogP contribution in [0.3, 0.4) is 0 Å². The average molecular weight is 553 g/mol. The van der Waals surface area contributed by atoms with E-state index in [9.17, 15) is 19.5 Å². The molecule has 1 unspecified atom stereocenters. The van der Waals surface area contributed by atoms with Crippen LogP contribution in [0.1, 0.15) is 32.5 Å². The summed E-state index contributed by atoms with van der Waals surface area (Å²) in [5, 5.41) is 11.6. The molecule has 1 amide bonds. The van der Waals surface area contributed by atoms with Crippen LogP contribution >= 0.6 is 11.3 Å². The second-order valence-corrected chi connectivity index (χ2v) is 9.52. The second kappa shape index (κ2) is 10.3. The van der Waals surface area contributed by atoms with Gasteiger partial charge in [-0.1, -0.05) is 11.3 Å². The number of ketones is 1. The topological polar surface area (TPSA) is 134 Å². The van der Waals surface area contributed by atoms with E-state index in [-0.39, 0.29) is 21.1 Å². The first-order valence-electron chi connectivity index (χ1n) is 11.8. The minimum atomic E-state index is -1.14. The third-order valence-electron chi connectivity index (χ3n) is 6.36. The summed E-state index contributed by atoms with van der Waals surface area (Å²) in [5.74, 6) is -1.21. The first-order chi connectivity index (χ1) is 18.8. The van der Waals surface area contributed by atoms with Gasteiger partial charge in [-0.2, -0.15) is 0 Å². The summed E-state index contributed by atoms with van der Waals surface area (Å²) in [5.41, 5.74) is 0.785. The van der Waals surface area contributed by atoms with Crippen molar-refractivity contribution in [3.63, 3.8) is 0 Å². The number of esters is 1. The van der Waals surface area contributed by atoms with Crippen molar-refractivity contribution in [2.45, 2.75) is 13.0 Å². The van der Waals surface area contributed by atoms with Crippen molar-refractivity contribution in [3.8, 4) is 23.0 Å². The highest BCUT2D eigenvalue weighted by Crippen LogP contribution is 2.47. The lowest BCUT2D eigenvalue weighted by Gasteiger charge is -2.25. The Balaban J connectivity index is 1.73. The van der Waals surface area contributed by atoms with Crippen LogP contribution in [0, 0.1) is 6.92 Å². The molecule has 5 rings (SSSR count). The lowest BCUT2D eigenvalue weighted by atomic mass is 9.94. The molecule has 1 N–H and O–H groups in total. The Kier molecular flexibility index (Phi) is 6.87. The van der Waals surface area contributed by atoms with Gasteiger partial charge >= 0.3 is 11.9 Å². The van der Waals surface area contributed by atoms with Crippen LogP contribution in [-0.2, 0) is 14.3 Å². The number of benzene rings is 2. The van der Waals surface area contributed by atoms with E-state index in [0.29, 0.717) is 47.5 Å². The molecule has 3 aromatic rings. The van der Waals surface area contributed by atoms with Crippen LogP contribution in [0.15, 0.2) is 42.0 Å². The van der Waals surface area contributed by atoms with Gasteiger partial charge in [0.05, 0.1) is 32.6 Å². The van der Waals surface area contributed by atoms with E-state index in [2.05, 4.69) is 4.98 Å². The highest BCUT2D eigenvalue weighted by molar-refractivity contribution is 7.17. The minimum absolute atomic E-state index is 0.0825. The van der Waals surface area contributed by atoms with E-state index < -0.39 is 29.5 Å². The van der Waals surface area contributed by atoms with Gasteiger partial charge in [-0.15, -0.1) is 0 Å². The molecule has 2 aliphatic heterocycles. The third-order valence-corrected chi connectivity index (χ3v) is 7.49. The number of aliphatic hydroxyl groups excluding tert-OH is 1. The van der Waals surface area contributed by atoms with Crippen molar-refractivity contribution < 1.29 is 43.2 Å². The predicted molar refractivity (Wildman–Crippen MR) is 140 cm³/mol. The fourth-order valence-electron chi connectivity index (χ4n) is 4.48. The molecular weight excluding hydrogens is 528 g/mol. The largest absolute Gasteiger partial charge is 0.507 e. The quantitative estimate of drug-likeness (QED) is 0.209. The number of nitrogens with zero attached hydrogens (tertiary/aromatic N) is 2. The maximum atomic E-state index is 13.5. The summed E-state index contributed by atoms with van der Waals surface area (Å²) >= 11 is 0.904. The molecule has 12 heteroatoms. The number of aliphatic hydroxyl groups is 1. The van der Waals surface area contributed by atoms with Crippen molar-refractivity contribution in [1.29, 1.82) is 0 Å². The highest BCUT2D eigenvalue weighted by Gasteiger charge is 2.49. The number of Topliss-reactive ketones (excluding diaryl/α,β-unsaturated/α-hetero) is 1. The molecule has 0 spiro atoms. The normalized spacial score (nSPS) is 17.7. The molecule has 2 aromatic carbocycles. The fourth-order valence-corrected chi connectivity index (χ4v) is 5.49. The Morgan fingerprint density at radius 3 is 2.49 bits per heavy atom. The molecule has 11 nitrogen and oxygen atoms in total. The van der Waals surface area contributed by atoms with E-state index in [4.69, 9.17) is 23.7 Å². The zero-order chi connectivity index (χ0) is 27.8. The molecule has 1 saturated heterocycles. The van der Waals surface area contributed by atoms with Crippen molar-refractivity contribution in [3.05, 3.63) is 63.7 Å². The Morgan fingerprint density at radius 2 is 1.79 bits per heavy atom. The number of aryl methyl sites for hydroxylation is 1. The van der Waals surface area contributed by atoms with Gasteiger partial charge in [0.25, 0.3) is 5.78 Å². The number of ether oxygens (including phenoxy) is 5. The molecule has 0 radical (unpaired) electrons. The van der Waals surface area contributed by atoms with Gasteiger partial charge in [0.2, 0.25) is 0 Å². The summed E-state index contributed by atoms with van der Waals surface area (Å²) in [6.45, 7) is 2.32. The number of carbonyl (C=O) groups is 3. The monoisotopic (exact) mass is 552 g/mol. The summed E-state index contributed by atoms with van der Waals surface area (Å²) < 4.78 is 26.9. The van der Waals surface area contributed by atoms with E-state index in [0.717, 1.165) is 16.2 Å². The van der Waals surface area contributed by atoms with Crippen molar-refractivity contribution in [2.24, 2.45) is 0 Å². The summed E-state index contributed by atoms with van der Waals surface area (Å²) in [7, 11) is 4.17. The molecule has 3 heterocycles. The Morgan fingerprint density at radius 1 is 1.05 bits per heavy atom. The average Bonchev–Trinajstić information content (AvgIpc) is 3.47. The highest BCUT2D eigenvalue weighted by atomic mass is 32.1. The number of hydrogen-bond donors (Lipinski definition) is 1. The van der Waals surface area contributed by atoms with Crippen LogP contribution in [0.25, 0.3) is 5.76 Å². The van der Waals surface area contributed by atoms with Gasteiger partial charge in [0.15, 0.2) is 16.6 Å². The number of rotatable bonds is 6. The van der Waals surface area contributed by atoms with Gasteiger partial charge in [0, 0.05) is 17.2 Å². The molecule has 39 heavy (non-hydrogen) atoms. The number of anilines is 1. The lowest BCUT2D eigenvalue weighted by Crippen LogP contribution is -2.29. The number of thiazole rings is 1. The Labute approximate surface area is 227 Å². The van der Waals surface area contributed by atoms with Crippen LogP contribution in [0.4, 0.5) is 5.13 Å². The zero-order valence-corrected chi connectivity index (χ0v) is 22.3. The molecule has 0 aliphatic carbocycles. The summed E-state index contributed by atoms with van der Waals surface area (Å²) in [6.07, 6.45) is 0. The van der Waals surface area contributed by atoms with Gasteiger partial charge in [0.1, 0.15) is 41.4 Å². The smallest absolute Gasteiger partial charge is 0.350 e. The zero-order valence-electron chi connectivity index (χ0n) is 21.5.